The highest BCUT2D eigenvalue weighted by atomic mass is 16.6. The van der Waals surface area contributed by atoms with Crippen LogP contribution in [0.25, 0.3) is 0 Å². The van der Waals surface area contributed by atoms with Gasteiger partial charge in [0.25, 0.3) is 17.7 Å². The number of hydrogen-bond acceptors (Lipinski definition) is 7. The molecule has 0 saturated carbocycles. The van der Waals surface area contributed by atoms with E-state index in [0.717, 1.165) is 20.5 Å². The second-order valence-corrected chi connectivity index (χ2v) is 9.82. The summed E-state index contributed by atoms with van der Waals surface area (Å²) < 4.78 is 10.5. The largest absolute Gasteiger partial charge is 0.467 e. The van der Waals surface area contributed by atoms with Crippen molar-refractivity contribution in [3.05, 3.63) is 120 Å². The average molecular weight is 568 g/mol. The smallest absolute Gasteiger partial charge is 0.429 e. The maximum Gasteiger partial charge on any atom is 0.429 e. The van der Waals surface area contributed by atoms with Crippen molar-refractivity contribution in [2.75, 3.05) is 13.7 Å². The predicted octanol–water partition coefficient (Wildman–Crippen LogP) is 3.95. The third-order valence-electron chi connectivity index (χ3n) is 7.42. The highest BCUT2D eigenvalue weighted by molar-refractivity contribution is 6.23. The predicted molar refractivity (Wildman–Crippen MR) is 151 cm³/mol. The molecule has 3 aromatic carbocycles. The Balaban J connectivity index is 1.56. The number of amides is 4. The highest BCUT2D eigenvalue weighted by Gasteiger charge is 2.52. The molecule has 10 nitrogen and oxygen atoms in total. The zero-order valence-electron chi connectivity index (χ0n) is 22.9. The summed E-state index contributed by atoms with van der Waals surface area (Å²) in [5.74, 6) is -3.78. The summed E-state index contributed by atoms with van der Waals surface area (Å²) in [4.78, 5) is 69.1. The molecule has 2 heterocycles. The Kier molecular flexibility index (Phi) is 8.14. The first-order valence-electron chi connectivity index (χ1n) is 13.4. The minimum Gasteiger partial charge on any atom is -0.467 e. The van der Waals surface area contributed by atoms with Crippen LogP contribution in [-0.2, 0) is 25.7 Å². The number of imide groups is 1. The van der Waals surface area contributed by atoms with Gasteiger partial charge in [-0.25, -0.2) is 19.6 Å². The maximum absolute atomic E-state index is 14.6. The highest BCUT2D eigenvalue weighted by Crippen LogP contribution is 2.35. The maximum atomic E-state index is 14.6. The van der Waals surface area contributed by atoms with Crippen LogP contribution in [0.4, 0.5) is 4.79 Å². The van der Waals surface area contributed by atoms with Gasteiger partial charge in [0.1, 0.15) is 12.6 Å². The lowest BCUT2D eigenvalue weighted by Crippen LogP contribution is -2.59. The molecule has 3 aromatic rings. The first-order chi connectivity index (χ1) is 20.4. The Labute approximate surface area is 242 Å². The monoisotopic (exact) mass is 567 g/mol. The van der Waals surface area contributed by atoms with Gasteiger partial charge in [-0.15, -0.1) is 6.58 Å². The average Bonchev–Trinajstić information content (AvgIpc) is 3.58. The molecule has 3 atom stereocenters. The molecule has 0 N–H and O–H groups in total. The SMILES string of the molecule is C=CC(c1ccccc1)[C@@H](C(=O)N1[C@H](C(=O)OC)CCN1C(=O)OCc1ccccc1)N1C(=O)c2ccccc2C1=O. The Morgan fingerprint density at radius 3 is 2.05 bits per heavy atom. The van der Waals surface area contributed by atoms with Gasteiger partial charge >= 0.3 is 12.1 Å². The standard InChI is InChI=1S/C32H29N3O7/c1-3-23(22-14-8-5-9-15-22)27(34-28(36)24-16-10-11-17-25(24)29(34)37)30(38)35-26(31(39)41-2)18-19-33(35)32(40)42-20-21-12-6-4-7-13-21/h3-17,23,26-27H,1,18-20H2,2H3/t23?,26-,27-/m0/s1. The molecule has 1 unspecified atom stereocenters. The summed E-state index contributed by atoms with van der Waals surface area (Å²) in [6, 6.07) is 21.4. The second-order valence-electron chi connectivity index (χ2n) is 9.82. The first kappa shape index (κ1) is 28.3. The topological polar surface area (TPSA) is 114 Å². The lowest BCUT2D eigenvalue weighted by molar-refractivity contribution is -0.162. The van der Waals surface area contributed by atoms with E-state index in [1.807, 2.05) is 6.07 Å². The number of methoxy groups -OCH3 is 1. The Morgan fingerprint density at radius 1 is 0.905 bits per heavy atom. The van der Waals surface area contributed by atoms with Crippen LogP contribution in [0.5, 0.6) is 0 Å². The normalized spacial score (nSPS) is 17.5. The van der Waals surface area contributed by atoms with Crippen molar-refractivity contribution < 1.29 is 33.4 Å². The lowest BCUT2D eigenvalue weighted by atomic mass is 9.89. The molecule has 0 aromatic heterocycles. The van der Waals surface area contributed by atoms with Crippen molar-refractivity contribution in [1.29, 1.82) is 0 Å². The van der Waals surface area contributed by atoms with Crippen molar-refractivity contribution in [3.8, 4) is 0 Å². The zero-order valence-corrected chi connectivity index (χ0v) is 22.9. The van der Waals surface area contributed by atoms with Gasteiger partial charge in [0.2, 0.25) is 0 Å². The van der Waals surface area contributed by atoms with E-state index >= 15 is 0 Å². The summed E-state index contributed by atoms with van der Waals surface area (Å²) in [6.45, 7) is 3.81. The molecule has 2 aliphatic rings. The van der Waals surface area contributed by atoms with Crippen molar-refractivity contribution >= 4 is 29.8 Å². The molecule has 0 spiro atoms. The van der Waals surface area contributed by atoms with Crippen LogP contribution in [0.2, 0.25) is 0 Å². The Morgan fingerprint density at radius 2 is 1.48 bits per heavy atom. The number of nitrogens with zero attached hydrogens (tertiary/aromatic N) is 3. The molecular formula is C32H29N3O7. The molecule has 42 heavy (non-hydrogen) atoms. The molecule has 10 heteroatoms. The third-order valence-corrected chi connectivity index (χ3v) is 7.42. The van der Waals surface area contributed by atoms with Gasteiger partial charge in [-0.1, -0.05) is 78.9 Å². The van der Waals surface area contributed by atoms with E-state index in [1.165, 1.54) is 25.3 Å². The number of carbonyl (C=O) groups is 5. The minimum absolute atomic E-state index is 0.0297. The number of fused-ring (bicyclic) bond motifs is 1. The summed E-state index contributed by atoms with van der Waals surface area (Å²) >= 11 is 0. The summed E-state index contributed by atoms with van der Waals surface area (Å²) in [5.41, 5.74) is 1.64. The van der Waals surface area contributed by atoms with E-state index in [2.05, 4.69) is 6.58 Å². The Bertz CT molecular complexity index is 1490. The molecule has 214 valence electrons. The molecule has 0 aliphatic carbocycles. The van der Waals surface area contributed by atoms with Gasteiger partial charge in [-0.05, 0) is 23.3 Å². The van der Waals surface area contributed by atoms with Crippen LogP contribution >= 0.6 is 0 Å². The van der Waals surface area contributed by atoms with Gasteiger partial charge in [0.05, 0.1) is 18.2 Å². The van der Waals surface area contributed by atoms with E-state index in [0.29, 0.717) is 5.56 Å². The fourth-order valence-corrected chi connectivity index (χ4v) is 5.39. The van der Waals surface area contributed by atoms with Gasteiger partial charge in [-0.2, -0.15) is 0 Å². The van der Waals surface area contributed by atoms with E-state index < -0.39 is 47.8 Å². The zero-order chi connectivity index (χ0) is 29.8. The minimum atomic E-state index is -1.48. The molecule has 0 bridgehead atoms. The van der Waals surface area contributed by atoms with Crippen LogP contribution < -0.4 is 0 Å². The summed E-state index contributed by atoms with van der Waals surface area (Å²) in [6.07, 6.45) is 0.676. The number of esters is 1. The quantitative estimate of drug-likeness (QED) is 0.230. The van der Waals surface area contributed by atoms with Gasteiger partial charge < -0.3 is 9.47 Å². The number of benzene rings is 3. The van der Waals surface area contributed by atoms with Gasteiger partial charge in [0.15, 0.2) is 6.04 Å². The second kappa shape index (κ2) is 12.1. The van der Waals surface area contributed by atoms with Crippen LogP contribution in [0.1, 0.15) is 44.2 Å². The summed E-state index contributed by atoms with van der Waals surface area (Å²) in [5, 5.41) is 2.00. The molecule has 4 amide bonds. The van der Waals surface area contributed by atoms with Crippen LogP contribution in [-0.4, -0.2) is 70.4 Å². The van der Waals surface area contributed by atoms with E-state index in [4.69, 9.17) is 9.47 Å². The number of carbonyl (C=O) groups excluding carboxylic acids is 5. The fourth-order valence-electron chi connectivity index (χ4n) is 5.39. The van der Waals surface area contributed by atoms with Crippen LogP contribution in [0.15, 0.2) is 97.6 Å². The van der Waals surface area contributed by atoms with Crippen molar-refractivity contribution in [2.45, 2.75) is 31.0 Å². The number of hydrogen-bond donors (Lipinski definition) is 0. The van der Waals surface area contributed by atoms with Crippen molar-refractivity contribution in [1.82, 2.24) is 14.9 Å². The fraction of sp³-hybridized carbons (Fsp3) is 0.219. The van der Waals surface area contributed by atoms with E-state index in [1.54, 1.807) is 66.7 Å². The number of hydrazine groups is 1. The number of rotatable bonds is 8. The van der Waals surface area contributed by atoms with Crippen molar-refractivity contribution in [2.24, 2.45) is 0 Å². The van der Waals surface area contributed by atoms with Crippen molar-refractivity contribution in [3.63, 3.8) is 0 Å². The lowest BCUT2D eigenvalue weighted by Gasteiger charge is -2.37. The molecule has 0 radical (unpaired) electrons. The Hall–Kier alpha value is -5.25. The number of ether oxygens (including phenoxy) is 2. The molecule has 1 fully saturated rings. The first-order valence-corrected chi connectivity index (χ1v) is 13.4. The molecule has 2 aliphatic heterocycles. The van der Waals surface area contributed by atoms with E-state index in [-0.39, 0.29) is 30.7 Å². The van der Waals surface area contributed by atoms with Gasteiger partial charge in [0, 0.05) is 18.9 Å². The van der Waals surface area contributed by atoms with Crippen LogP contribution in [0.3, 0.4) is 0 Å². The third kappa shape index (κ3) is 5.14. The van der Waals surface area contributed by atoms with Gasteiger partial charge in [-0.3, -0.25) is 19.3 Å². The molecule has 1 saturated heterocycles. The summed E-state index contributed by atoms with van der Waals surface area (Å²) in [7, 11) is 1.18. The van der Waals surface area contributed by atoms with E-state index in [9.17, 15) is 24.0 Å². The molecular weight excluding hydrogens is 538 g/mol. The molecule has 5 rings (SSSR count). The van der Waals surface area contributed by atoms with Crippen LogP contribution in [0, 0.1) is 0 Å².